The first kappa shape index (κ1) is 16.0. The molecule has 2 unspecified atom stereocenters. The lowest BCUT2D eigenvalue weighted by atomic mass is 10.0. The van der Waals surface area contributed by atoms with Crippen LogP contribution >= 0.6 is 15.9 Å². The highest BCUT2D eigenvalue weighted by Gasteiger charge is 2.26. The van der Waals surface area contributed by atoms with Gasteiger partial charge in [0.15, 0.2) is 0 Å². The lowest BCUT2D eigenvalue weighted by Crippen LogP contribution is -2.42. The molecular weight excluding hydrogens is 338 g/mol. The average molecular weight is 356 g/mol. The Morgan fingerprint density at radius 1 is 1.43 bits per heavy atom. The Kier molecular flexibility index (Phi) is 5.36. The fraction of sp³-hybridized carbons (Fsp3) is 0.467. The van der Waals surface area contributed by atoms with Crippen molar-refractivity contribution in [1.29, 1.82) is 0 Å². The highest BCUT2D eigenvalue weighted by Crippen LogP contribution is 2.19. The van der Waals surface area contributed by atoms with Gasteiger partial charge in [0.05, 0.1) is 17.7 Å². The van der Waals surface area contributed by atoms with Crippen molar-refractivity contribution in [2.24, 2.45) is 0 Å². The van der Waals surface area contributed by atoms with Gasteiger partial charge < -0.3 is 15.2 Å². The van der Waals surface area contributed by atoms with E-state index in [2.05, 4.69) is 21.2 Å². The van der Waals surface area contributed by atoms with Crippen LogP contribution < -0.4 is 5.32 Å². The zero-order chi connectivity index (χ0) is 15.4. The Morgan fingerprint density at radius 3 is 2.71 bits per heavy atom. The van der Waals surface area contributed by atoms with Crippen molar-refractivity contribution < 1.29 is 19.4 Å². The van der Waals surface area contributed by atoms with Crippen molar-refractivity contribution in [3.63, 3.8) is 0 Å². The normalized spacial score (nSPS) is 19.2. The van der Waals surface area contributed by atoms with Gasteiger partial charge in [-0.25, -0.2) is 4.79 Å². The number of carbonyl (C=O) groups excluding carboxylic acids is 1. The molecule has 1 aliphatic heterocycles. The number of carboxylic acids is 1. The molecule has 114 valence electrons. The van der Waals surface area contributed by atoms with Gasteiger partial charge in [0.2, 0.25) is 0 Å². The smallest absolute Gasteiger partial charge is 0.335 e. The van der Waals surface area contributed by atoms with Gasteiger partial charge >= 0.3 is 5.97 Å². The summed E-state index contributed by atoms with van der Waals surface area (Å²) in [5.41, 5.74) is 0.415. The summed E-state index contributed by atoms with van der Waals surface area (Å²) < 4.78 is 6.18. The van der Waals surface area contributed by atoms with Gasteiger partial charge in [0.1, 0.15) is 0 Å². The number of nitrogens with one attached hydrogen (secondary N) is 1. The molecule has 1 aromatic rings. The monoisotopic (exact) mass is 355 g/mol. The van der Waals surface area contributed by atoms with Crippen LogP contribution in [0.2, 0.25) is 0 Å². The molecule has 0 bridgehead atoms. The fourth-order valence-corrected chi connectivity index (χ4v) is 2.97. The molecule has 1 heterocycles. The maximum absolute atomic E-state index is 12.3. The zero-order valence-electron chi connectivity index (χ0n) is 11.8. The van der Waals surface area contributed by atoms with Gasteiger partial charge in [-0.15, -0.1) is 0 Å². The predicted molar refractivity (Wildman–Crippen MR) is 81.6 cm³/mol. The molecule has 0 aliphatic carbocycles. The van der Waals surface area contributed by atoms with Crippen molar-refractivity contribution in [2.75, 3.05) is 6.61 Å². The Bertz CT molecular complexity index is 540. The first-order valence-electron chi connectivity index (χ1n) is 6.97. The first-order valence-corrected chi connectivity index (χ1v) is 7.77. The Labute approximate surface area is 131 Å². The highest BCUT2D eigenvalue weighted by atomic mass is 79.9. The van der Waals surface area contributed by atoms with E-state index >= 15 is 0 Å². The second kappa shape index (κ2) is 7.04. The molecule has 21 heavy (non-hydrogen) atoms. The predicted octanol–water partition coefficient (Wildman–Crippen LogP) is 2.83. The lowest BCUT2D eigenvalue weighted by molar-refractivity contribution is 0.0665. The maximum Gasteiger partial charge on any atom is 0.335 e. The minimum absolute atomic E-state index is 0.0463. The summed E-state index contributed by atoms with van der Waals surface area (Å²) >= 11 is 3.23. The standard InChI is InChI=1S/C15H18BrNO4/c1-2-12(13-4-3-5-21-13)17-14(18)9-6-10(15(19)20)8-11(16)7-9/h6-8,12-13H,2-5H2,1H3,(H,17,18)(H,19,20). The number of ether oxygens (including phenoxy) is 1. The van der Waals surface area contributed by atoms with Crippen LogP contribution in [0.1, 0.15) is 46.9 Å². The molecule has 2 atom stereocenters. The molecule has 6 heteroatoms. The van der Waals surface area contributed by atoms with E-state index in [-0.39, 0.29) is 23.6 Å². The number of amides is 1. The molecule has 1 amide bonds. The largest absolute Gasteiger partial charge is 0.478 e. The summed E-state index contributed by atoms with van der Waals surface area (Å²) in [6, 6.07) is 4.41. The number of aromatic carboxylic acids is 1. The van der Waals surface area contributed by atoms with E-state index in [4.69, 9.17) is 9.84 Å². The Hall–Kier alpha value is -1.40. The zero-order valence-corrected chi connectivity index (χ0v) is 13.4. The van der Waals surface area contributed by atoms with Crippen LogP contribution in [0, 0.1) is 0 Å². The highest BCUT2D eigenvalue weighted by molar-refractivity contribution is 9.10. The third-order valence-corrected chi connectivity index (χ3v) is 4.03. The molecule has 0 radical (unpaired) electrons. The maximum atomic E-state index is 12.3. The van der Waals surface area contributed by atoms with Crippen LogP contribution in [0.5, 0.6) is 0 Å². The minimum atomic E-state index is -1.06. The van der Waals surface area contributed by atoms with Crippen molar-refractivity contribution in [3.05, 3.63) is 33.8 Å². The van der Waals surface area contributed by atoms with E-state index in [9.17, 15) is 9.59 Å². The number of hydrogen-bond donors (Lipinski definition) is 2. The van der Waals surface area contributed by atoms with E-state index in [1.807, 2.05) is 6.92 Å². The number of halogens is 1. The topological polar surface area (TPSA) is 75.6 Å². The van der Waals surface area contributed by atoms with Crippen molar-refractivity contribution >= 4 is 27.8 Å². The van der Waals surface area contributed by atoms with Gasteiger partial charge in [-0.3, -0.25) is 4.79 Å². The second-order valence-electron chi connectivity index (χ2n) is 5.07. The van der Waals surface area contributed by atoms with E-state index < -0.39 is 5.97 Å². The van der Waals surface area contributed by atoms with Gasteiger partial charge in [-0.2, -0.15) is 0 Å². The van der Waals surface area contributed by atoms with Gasteiger partial charge in [-0.05, 0) is 37.5 Å². The molecule has 0 aromatic heterocycles. The number of carboxylic acid groups (broad SMARTS) is 1. The van der Waals surface area contributed by atoms with Crippen LogP contribution in [0.4, 0.5) is 0 Å². The molecule has 2 N–H and O–H groups in total. The first-order chi connectivity index (χ1) is 10.0. The molecule has 5 nitrogen and oxygen atoms in total. The summed E-state index contributed by atoms with van der Waals surface area (Å²) in [6.07, 6.45) is 2.77. The summed E-state index contributed by atoms with van der Waals surface area (Å²) in [5, 5.41) is 12.0. The van der Waals surface area contributed by atoms with Crippen LogP contribution in [-0.2, 0) is 4.74 Å². The number of hydrogen-bond acceptors (Lipinski definition) is 3. The quantitative estimate of drug-likeness (QED) is 0.851. The van der Waals surface area contributed by atoms with Crippen LogP contribution in [0.15, 0.2) is 22.7 Å². The number of rotatable bonds is 5. The second-order valence-corrected chi connectivity index (χ2v) is 5.99. The molecule has 0 spiro atoms. The summed E-state index contributed by atoms with van der Waals surface area (Å²) in [5.74, 6) is -1.34. The average Bonchev–Trinajstić information content (AvgIpc) is 2.97. The fourth-order valence-electron chi connectivity index (χ4n) is 2.47. The summed E-state index contributed by atoms with van der Waals surface area (Å²) in [6.45, 7) is 2.73. The van der Waals surface area contributed by atoms with Crippen molar-refractivity contribution in [1.82, 2.24) is 5.32 Å². The Balaban J connectivity index is 2.13. The van der Waals surface area contributed by atoms with Gasteiger partial charge in [0.25, 0.3) is 5.91 Å². The van der Waals surface area contributed by atoms with Crippen molar-refractivity contribution in [3.8, 4) is 0 Å². The van der Waals surface area contributed by atoms with Crippen molar-refractivity contribution in [2.45, 2.75) is 38.3 Å². The Morgan fingerprint density at radius 2 is 2.14 bits per heavy atom. The van der Waals surface area contributed by atoms with Crippen LogP contribution in [0.3, 0.4) is 0 Å². The lowest BCUT2D eigenvalue weighted by Gasteiger charge is -2.23. The van der Waals surface area contributed by atoms with Crippen LogP contribution in [-0.4, -0.2) is 35.7 Å². The van der Waals surface area contributed by atoms with E-state index in [0.717, 1.165) is 25.9 Å². The SMILES string of the molecule is CCC(NC(=O)c1cc(Br)cc(C(=O)O)c1)C1CCCO1. The molecule has 1 aliphatic rings. The summed E-state index contributed by atoms with van der Waals surface area (Å²) in [7, 11) is 0. The van der Waals surface area contributed by atoms with Crippen LogP contribution in [0.25, 0.3) is 0 Å². The van der Waals surface area contributed by atoms with E-state index in [0.29, 0.717) is 10.0 Å². The molecular formula is C15H18BrNO4. The third-order valence-electron chi connectivity index (χ3n) is 3.58. The molecule has 1 saturated heterocycles. The third kappa shape index (κ3) is 4.04. The van der Waals surface area contributed by atoms with Gasteiger partial charge in [0, 0.05) is 16.6 Å². The molecule has 1 fully saturated rings. The van der Waals surface area contributed by atoms with Gasteiger partial charge in [-0.1, -0.05) is 22.9 Å². The molecule has 0 saturated carbocycles. The summed E-state index contributed by atoms with van der Waals surface area (Å²) in [4.78, 5) is 23.4. The van der Waals surface area contributed by atoms with E-state index in [1.54, 1.807) is 6.07 Å². The molecule has 2 rings (SSSR count). The molecule has 1 aromatic carbocycles. The minimum Gasteiger partial charge on any atom is -0.478 e. The number of benzene rings is 1. The number of carbonyl (C=O) groups is 2. The van der Waals surface area contributed by atoms with E-state index in [1.165, 1.54) is 12.1 Å².